The van der Waals surface area contributed by atoms with Crippen LogP contribution in [0.5, 0.6) is 0 Å². The van der Waals surface area contributed by atoms with Crippen LogP contribution in [0.25, 0.3) is 6.08 Å². The second-order valence-corrected chi connectivity index (χ2v) is 7.46. The Kier molecular flexibility index (Phi) is 6.45. The molecule has 0 aromatic heterocycles. The summed E-state index contributed by atoms with van der Waals surface area (Å²) in [4.78, 5) is 35.8. The lowest BCUT2D eigenvalue weighted by Gasteiger charge is -2.22. The van der Waals surface area contributed by atoms with Crippen LogP contribution < -0.4 is 0 Å². The molecule has 25 heavy (non-hydrogen) atoms. The molecule has 1 amide bonds. The van der Waals surface area contributed by atoms with Gasteiger partial charge in [-0.2, -0.15) is 0 Å². The van der Waals surface area contributed by atoms with E-state index in [0.717, 1.165) is 16.7 Å². The van der Waals surface area contributed by atoms with Gasteiger partial charge in [-0.05, 0) is 24.6 Å². The van der Waals surface area contributed by atoms with Crippen LogP contribution in [-0.4, -0.2) is 43.3 Å². The molecule has 10 heteroatoms. The third kappa shape index (κ3) is 4.52. The molecule has 0 bridgehead atoms. The fraction of sp³-hybridized carbons (Fsp3) is 0.200. The summed E-state index contributed by atoms with van der Waals surface area (Å²) in [5, 5.41) is 18.7. The van der Waals surface area contributed by atoms with Crippen LogP contribution in [0.4, 0.5) is 0 Å². The van der Waals surface area contributed by atoms with Gasteiger partial charge in [-0.15, -0.1) is 0 Å². The van der Waals surface area contributed by atoms with Crippen molar-refractivity contribution in [3.05, 3.63) is 38.7 Å². The molecule has 2 rings (SSSR count). The summed E-state index contributed by atoms with van der Waals surface area (Å²) in [7, 11) is 0. The number of hydrogen-bond acceptors (Lipinski definition) is 5. The van der Waals surface area contributed by atoms with Crippen LogP contribution >= 0.6 is 47.2 Å². The first kappa shape index (κ1) is 19.7. The van der Waals surface area contributed by atoms with Crippen molar-refractivity contribution < 1.29 is 24.6 Å². The van der Waals surface area contributed by atoms with Crippen molar-refractivity contribution in [1.82, 2.24) is 4.90 Å². The molecule has 0 aliphatic carbocycles. The standard InChI is InChI=1S/C15H11Cl2NO5S2/c16-8-2-1-3-9(17)7(8)6-11-13(21)18(15(24)25-11)10(14(22)23)4-5-12(19)20/h1-3,6,10H,4-5H2,(H,19,20)(H,22,23). The zero-order valence-corrected chi connectivity index (χ0v) is 15.6. The molecular weight excluding hydrogens is 409 g/mol. The smallest absolute Gasteiger partial charge is 0.326 e. The summed E-state index contributed by atoms with van der Waals surface area (Å²) in [5.74, 6) is -3.10. The molecule has 132 valence electrons. The number of hydrogen-bond donors (Lipinski definition) is 2. The largest absolute Gasteiger partial charge is 0.481 e. The van der Waals surface area contributed by atoms with E-state index >= 15 is 0 Å². The third-order valence-electron chi connectivity index (χ3n) is 3.33. The number of thiocarbonyl (C=S) groups is 1. The van der Waals surface area contributed by atoms with E-state index in [4.69, 9.17) is 40.5 Å². The number of carboxylic acid groups (broad SMARTS) is 2. The summed E-state index contributed by atoms with van der Waals surface area (Å²) in [5.41, 5.74) is 0.420. The molecule has 0 radical (unpaired) electrons. The van der Waals surface area contributed by atoms with Crippen molar-refractivity contribution in [3.63, 3.8) is 0 Å². The average molecular weight is 420 g/mol. The molecule has 1 aliphatic heterocycles. The number of carbonyl (C=O) groups is 3. The first-order chi connectivity index (χ1) is 11.7. The monoisotopic (exact) mass is 419 g/mol. The molecule has 0 spiro atoms. The van der Waals surface area contributed by atoms with E-state index in [1.807, 2.05) is 0 Å². The van der Waals surface area contributed by atoms with Crippen LogP contribution in [0.3, 0.4) is 0 Å². The minimum absolute atomic E-state index is 0.0391. The number of benzene rings is 1. The van der Waals surface area contributed by atoms with Gasteiger partial charge < -0.3 is 10.2 Å². The van der Waals surface area contributed by atoms with Gasteiger partial charge in [0.25, 0.3) is 5.91 Å². The topological polar surface area (TPSA) is 94.9 Å². The number of amides is 1. The van der Waals surface area contributed by atoms with Crippen LogP contribution in [0.1, 0.15) is 18.4 Å². The van der Waals surface area contributed by atoms with Crippen molar-refractivity contribution in [1.29, 1.82) is 0 Å². The molecule has 1 aromatic rings. The van der Waals surface area contributed by atoms with Gasteiger partial charge in [0.15, 0.2) is 0 Å². The van der Waals surface area contributed by atoms with Gasteiger partial charge in [-0.25, -0.2) is 4.79 Å². The number of nitrogens with zero attached hydrogens (tertiary/aromatic N) is 1. The van der Waals surface area contributed by atoms with Crippen molar-refractivity contribution in [2.75, 3.05) is 0 Å². The quantitative estimate of drug-likeness (QED) is 0.537. The van der Waals surface area contributed by atoms with Crippen LogP contribution in [-0.2, 0) is 14.4 Å². The number of thioether (sulfide) groups is 1. The van der Waals surface area contributed by atoms with Crippen LogP contribution in [0.15, 0.2) is 23.1 Å². The van der Waals surface area contributed by atoms with Gasteiger partial charge in [0.2, 0.25) is 0 Å². The molecular formula is C15H11Cl2NO5S2. The molecule has 2 N–H and O–H groups in total. The second kappa shape index (κ2) is 8.18. The Balaban J connectivity index is 2.34. The van der Waals surface area contributed by atoms with E-state index in [0.29, 0.717) is 15.6 Å². The summed E-state index contributed by atoms with van der Waals surface area (Å²) < 4.78 is 0.0391. The summed E-state index contributed by atoms with van der Waals surface area (Å²) in [6.45, 7) is 0. The molecule has 0 saturated carbocycles. The Morgan fingerprint density at radius 2 is 1.88 bits per heavy atom. The first-order valence-corrected chi connectivity index (χ1v) is 8.86. The lowest BCUT2D eigenvalue weighted by Crippen LogP contribution is -2.44. The van der Waals surface area contributed by atoms with Gasteiger partial charge in [0.1, 0.15) is 10.4 Å². The molecule has 6 nitrogen and oxygen atoms in total. The Labute approximate surface area is 162 Å². The second-order valence-electron chi connectivity index (χ2n) is 4.97. The Bertz CT molecular complexity index is 776. The lowest BCUT2D eigenvalue weighted by molar-refractivity contribution is -0.146. The maximum atomic E-state index is 12.6. The fourth-order valence-electron chi connectivity index (χ4n) is 2.15. The Hall–Kier alpha value is -1.61. The van der Waals surface area contributed by atoms with Gasteiger partial charge in [-0.1, -0.05) is 53.2 Å². The summed E-state index contributed by atoms with van der Waals surface area (Å²) >= 11 is 18.2. The van der Waals surface area contributed by atoms with Crippen molar-refractivity contribution in [2.45, 2.75) is 18.9 Å². The van der Waals surface area contributed by atoms with E-state index in [1.54, 1.807) is 18.2 Å². The van der Waals surface area contributed by atoms with E-state index in [2.05, 4.69) is 0 Å². The number of halogens is 2. The number of rotatable bonds is 6. The molecule has 1 heterocycles. The van der Waals surface area contributed by atoms with Crippen molar-refractivity contribution in [3.8, 4) is 0 Å². The summed E-state index contributed by atoms with van der Waals surface area (Å²) in [6, 6.07) is 3.51. The number of aliphatic carboxylic acids is 2. The lowest BCUT2D eigenvalue weighted by atomic mass is 10.1. The predicted octanol–water partition coefficient (Wildman–Crippen LogP) is 3.51. The maximum absolute atomic E-state index is 12.6. The average Bonchev–Trinajstić information content (AvgIpc) is 2.78. The molecule has 1 aromatic carbocycles. The highest BCUT2D eigenvalue weighted by Gasteiger charge is 2.40. The highest BCUT2D eigenvalue weighted by atomic mass is 35.5. The highest BCUT2D eigenvalue weighted by molar-refractivity contribution is 8.26. The molecule has 1 aliphatic rings. The number of carboxylic acids is 2. The summed E-state index contributed by atoms with van der Waals surface area (Å²) in [6.07, 6.45) is 0.792. The van der Waals surface area contributed by atoms with E-state index < -0.39 is 30.3 Å². The maximum Gasteiger partial charge on any atom is 0.326 e. The van der Waals surface area contributed by atoms with E-state index in [1.165, 1.54) is 6.08 Å². The van der Waals surface area contributed by atoms with Crippen molar-refractivity contribution in [2.24, 2.45) is 0 Å². The van der Waals surface area contributed by atoms with Gasteiger partial charge in [0.05, 0.1) is 4.91 Å². The molecule has 1 fully saturated rings. The van der Waals surface area contributed by atoms with Gasteiger partial charge in [0, 0.05) is 22.0 Å². The SMILES string of the molecule is O=C(O)CCC(C(=O)O)N1C(=O)C(=Cc2c(Cl)cccc2Cl)SC1=S. The first-order valence-electron chi connectivity index (χ1n) is 6.88. The number of carbonyl (C=O) groups excluding carboxylic acids is 1. The highest BCUT2D eigenvalue weighted by Crippen LogP contribution is 2.37. The van der Waals surface area contributed by atoms with Gasteiger partial charge in [-0.3, -0.25) is 14.5 Å². The van der Waals surface area contributed by atoms with Gasteiger partial charge >= 0.3 is 11.9 Å². The minimum atomic E-state index is -1.35. The van der Waals surface area contributed by atoms with Crippen molar-refractivity contribution >= 4 is 75.4 Å². The minimum Gasteiger partial charge on any atom is -0.481 e. The molecule has 1 atom stereocenters. The van der Waals surface area contributed by atoms with Crippen LogP contribution in [0, 0.1) is 0 Å². The van der Waals surface area contributed by atoms with E-state index in [-0.39, 0.29) is 15.6 Å². The molecule has 1 saturated heterocycles. The Morgan fingerprint density at radius 3 is 2.40 bits per heavy atom. The van der Waals surface area contributed by atoms with E-state index in [9.17, 15) is 19.5 Å². The predicted molar refractivity (Wildman–Crippen MR) is 99.8 cm³/mol. The Morgan fingerprint density at radius 1 is 1.28 bits per heavy atom. The fourth-order valence-corrected chi connectivity index (χ4v) is 4.00. The normalized spacial score (nSPS) is 17.2. The molecule has 1 unspecified atom stereocenters. The van der Waals surface area contributed by atoms with Crippen LogP contribution in [0.2, 0.25) is 10.0 Å². The zero-order valence-electron chi connectivity index (χ0n) is 12.4. The zero-order chi connectivity index (χ0) is 18.7. The third-order valence-corrected chi connectivity index (χ3v) is 5.32.